The van der Waals surface area contributed by atoms with E-state index in [9.17, 15) is 4.79 Å². The predicted octanol–water partition coefficient (Wildman–Crippen LogP) is 2.35. The minimum absolute atomic E-state index is 0.124. The van der Waals surface area contributed by atoms with E-state index < -0.39 is 5.60 Å². The quantitative estimate of drug-likeness (QED) is 0.749. The summed E-state index contributed by atoms with van der Waals surface area (Å²) in [7, 11) is 0. The molecule has 0 unspecified atom stereocenters. The number of nitrogens with one attached hydrogen (secondary N) is 1. The topological polar surface area (TPSA) is 38.3 Å². The Morgan fingerprint density at radius 2 is 2.27 bits per heavy atom. The summed E-state index contributed by atoms with van der Waals surface area (Å²) < 4.78 is 5.69. The SMILES string of the molecule is C=CC[C@]1(C)Oc2ccccc2NC1=O. The molecule has 0 bridgehead atoms. The van der Waals surface area contributed by atoms with Crippen LogP contribution in [-0.2, 0) is 4.79 Å². The van der Waals surface area contributed by atoms with Crippen LogP contribution in [0.4, 0.5) is 5.69 Å². The van der Waals surface area contributed by atoms with E-state index in [0.717, 1.165) is 5.69 Å². The van der Waals surface area contributed by atoms with E-state index in [1.165, 1.54) is 0 Å². The molecule has 3 heteroatoms. The Hall–Kier alpha value is -1.77. The van der Waals surface area contributed by atoms with Crippen molar-refractivity contribution < 1.29 is 9.53 Å². The third-order valence-corrected chi connectivity index (χ3v) is 2.48. The van der Waals surface area contributed by atoms with Gasteiger partial charge in [-0.1, -0.05) is 18.2 Å². The Bertz CT molecular complexity index is 414. The summed E-state index contributed by atoms with van der Waals surface area (Å²) in [5.74, 6) is 0.586. The van der Waals surface area contributed by atoms with Gasteiger partial charge in [0.1, 0.15) is 5.75 Å². The first-order valence-corrected chi connectivity index (χ1v) is 4.86. The molecule has 0 saturated heterocycles. The number of amides is 1. The lowest BCUT2D eigenvalue weighted by Gasteiger charge is -2.33. The number of para-hydroxylation sites is 2. The van der Waals surface area contributed by atoms with E-state index in [4.69, 9.17) is 4.74 Å². The maximum atomic E-state index is 11.8. The van der Waals surface area contributed by atoms with Gasteiger partial charge in [0.05, 0.1) is 5.69 Å². The standard InChI is InChI=1S/C12H13NO2/c1-3-8-12(2)11(14)13-9-6-4-5-7-10(9)15-12/h3-7H,1,8H2,2H3,(H,13,14)/t12-/m0/s1. The second kappa shape index (κ2) is 3.42. The van der Waals surface area contributed by atoms with E-state index in [0.29, 0.717) is 12.2 Å². The molecule has 1 aliphatic heterocycles. The molecular formula is C12H13NO2. The molecule has 3 nitrogen and oxygen atoms in total. The first-order chi connectivity index (χ1) is 7.15. The fourth-order valence-corrected chi connectivity index (χ4v) is 1.61. The van der Waals surface area contributed by atoms with E-state index in [-0.39, 0.29) is 5.91 Å². The fourth-order valence-electron chi connectivity index (χ4n) is 1.61. The smallest absolute Gasteiger partial charge is 0.268 e. The molecule has 1 aromatic carbocycles. The maximum Gasteiger partial charge on any atom is 0.268 e. The van der Waals surface area contributed by atoms with Crippen LogP contribution in [0.3, 0.4) is 0 Å². The van der Waals surface area contributed by atoms with Gasteiger partial charge in [-0.15, -0.1) is 6.58 Å². The normalized spacial score (nSPS) is 23.7. The lowest BCUT2D eigenvalue weighted by molar-refractivity contribution is -0.130. The van der Waals surface area contributed by atoms with Gasteiger partial charge in [0.25, 0.3) is 5.91 Å². The monoisotopic (exact) mass is 203 g/mol. The van der Waals surface area contributed by atoms with E-state index in [1.54, 1.807) is 13.0 Å². The summed E-state index contributed by atoms with van der Waals surface area (Å²) in [4.78, 5) is 11.8. The lowest BCUT2D eigenvalue weighted by atomic mass is 9.99. The molecule has 1 amide bonds. The molecule has 1 aliphatic rings. The highest BCUT2D eigenvalue weighted by Gasteiger charge is 2.38. The van der Waals surface area contributed by atoms with Crippen molar-refractivity contribution in [3.63, 3.8) is 0 Å². The third-order valence-electron chi connectivity index (χ3n) is 2.48. The highest BCUT2D eigenvalue weighted by molar-refractivity contribution is 6.00. The van der Waals surface area contributed by atoms with E-state index >= 15 is 0 Å². The van der Waals surface area contributed by atoms with Gasteiger partial charge in [-0.05, 0) is 19.1 Å². The molecule has 0 aromatic heterocycles. The number of ether oxygens (including phenoxy) is 1. The average Bonchev–Trinajstić information content (AvgIpc) is 2.20. The fraction of sp³-hybridized carbons (Fsp3) is 0.250. The molecule has 1 heterocycles. The zero-order valence-corrected chi connectivity index (χ0v) is 8.62. The number of anilines is 1. The Balaban J connectivity index is 2.37. The molecule has 1 N–H and O–H groups in total. The number of carbonyl (C=O) groups is 1. The second-order valence-electron chi connectivity index (χ2n) is 3.78. The van der Waals surface area contributed by atoms with Crippen LogP contribution < -0.4 is 10.1 Å². The van der Waals surface area contributed by atoms with Gasteiger partial charge in [0.15, 0.2) is 5.60 Å². The molecule has 1 atom stereocenters. The van der Waals surface area contributed by atoms with Gasteiger partial charge >= 0.3 is 0 Å². The summed E-state index contributed by atoms with van der Waals surface area (Å²) in [5.41, 5.74) is -0.111. The van der Waals surface area contributed by atoms with Crippen LogP contribution in [0.2, 0.25) is 0 Å². The zero-order valence-electron chi connectivity index (χ0n) is 8.62. The molecule has 15 heavy (non-hydrogen) atoms. The van der Waals surface area contributed by atoms with Gasteiger partial charge in [0, 0.05) is 6.42 Å². The minimum Gasteiger partial charge on any atom is -0.475 e. The summed E-state index contributed by atoms with van der Waals surface area (Å²) in [6, 6.07) is 7.40. The van der Waals surface area contributed by atoms with E-state index in [2.05, 4.69) is 11.9 Å². The zero-order chi connectivity index (χ0) is 10.9. The van der Waals surface area contributed by atoms with Gasteiger partial charge in [-0.2, -0.15) is 0 Å². The molecule has 0 spiro atoms. The highest BCUT2D eigenvalue weighted by atomic mass is 16.5. The van der Waals surface area contributed by atoms with Gasteiger partial charge in [-0.3, -0.25) is 4.79 Å². The second-order valence-corrected chi connectivity index (χ2v) is 3.78. The minimum atomic E-state index is -0.837. The summed E-state index contributed by atoms with van der Waals surface area (Å²) in [6.07, 6.45) is 2.18. The molecule has 0 fully saturated rings. The predicted molar refractivity (Wildman–Crippen MR) is 58.9 cm³/mol. The van der Waals surface area contributed by atoms with Gasteiger partial charge < -0.3 is 10.1 Å². The maximum absolute atomic E-state index is 11.8. The molecular weight excluding hydrogens is 190 g/mol. The van der Waals surface area contributed by atoms with Crippen LogP contribution in [0.1, 0.15) is 13.3 Å². The van der Waals surface area contributed by atoms with Crippen molar-refractivity contribution in [3.05, 3.63) is 36.9 Å². The molecule has 78 valence electrons. The van der Waals surface area contributed by atoms with Gasteiger partial charge in [-0.25, -0.2) is 0 Å². The Labute approximate surface area is 88.8 Å². The van der Waals surface area contributed by atoms with Crippen LogP contribution in [0.15, 0.2) is 36.9 Å². The highest BCUT2D eigenvalue weighted by Crippen LogP contribution is 2.34. The van der Waals surface area contributed by atoms with Crippen LogP contribution in [0, 0.1) is 0 Å². The van der Waals surface area contributed by atoms with Crippen molar-refractivity contribution in [2.24, 2.45) is 0 Å². The molecule has 0 aliphatic carbocycles. The summed E-state index contributed by atoms with van der Waals surface area (Å²) >= 11 is 0. The van der Waals surface area contributed by atoms with E-state index in [1.807, 2.05) is 24.3 Å². The number of fused-ring (bicyclic) bond motifs is 1. The van der Waals surface area contributed by atoms with Crippen molar-refractivity contribution in [1.29, 1.82) is 0 Å². The van der Waals surface area contributed by atoms with Crippen LogP contribution in [-0.4, -0.2) is 11.5 Å². The third kappa shape index (κ3) is 1.61. The van der Waals surface area contributed by atoms with Crippen molar-refractivity contribution in [1.82, 2.24) is 0 Å². The average molecular weight is 203 g/mol. The van der Waals surface area contributed by atoms with Crippen molar-refractivity contribution in [2.75, 3.05) is 5.32 Å². The number of hydrogen-bond donors (Lipinski definition) is 1. The van der Waals surface area contributed by atoms with Crippen LogP contribution in [0.5, 0.6) is 5.75 Å². The number of benzene rings is 1. The molecule has 2 rings (SSSR count). The Morgan fingerprint density at radius 1 is 1.53 bits per heavy atom. The summed E-state index contributed by atoms with van der Waals surface area (Å²) in [6.45, 7) is 5.39. The Morgan fingerprint density at radius 3 is 3.00 bits per heavy atom. The number of hydrogen-bond acceptors (Lipinski definition) is 2. The molecule has 0 radical (unpaired) electrons. The lowest BCUT2D eigenvalue weighted by Crippen LogP contribution is -2.47. The van der Waals surface area contributed by atoms with Crippen LogP contribution in [0.25, 0.3) is 0 Å². The van der Waals surface area contributed by atoms with Gasteiger partial charge in [0.2, 0.25) is 0 Å². The Kier molecular flexibility index (Phi) is 2.23. The van der Waals surface area contributed by atoms with Crippen molar-refractivity contribution in [3.8, 4) is 5.75 Å². The number of carbonyl (C=O) groups excluding carboxylic acids is 1. The first-order valence-electron chi connectivity index (χ1n) is 4.86. The van der Waals surface area contributed by atoms with Crippen LogP contribution >= 0.6 is 0 Å². The van der Waals surface area contributed by atoms with Crippen molar-refractivity contribution in [2.45, 2.75) is 18.9 Å². The molecule has 1 aromatic rings. The molecule has 0 saturated carbocycles. The summed E-state index contributed by atoms with van der Waals surface area (Å²) in [5, 5.41) is 2.82. The first kappa shape index (κ1) is 9.77. The number of rotatable bonds is 2. The largest absolute Gasteiger partial charge is 0.475 e. The van der Waals surface area contributed by atoms with Crippen molar-refractivity contribution >= 4 is 11.6 Å².